The Balaban J connectivity index is 1.76. The lowest BCUT2D eigenvalue weighted by molar-refractivity contribution is -0.114. The fourth-order valence-corrected chi connectivity index (χ4v) is 2.69. The van der Waals surface area contributed by atoms with Crippen molar-refractivity contribution in [3.63, 3.8) is 0 Å². The van der Waals surface area contributed by atoms with Gasteiger partial charge in [0, 0.05) is 24.0 Å². The van der Waals surface area contributed by atoms with Gasteiger partial charge < -0.3 is 10.2 Å². The SMILES string of the molecule is CN(CC(=O)Nc1ccccc1)c1ccccc1-c1ccccc1. The quantitative estimate of drug-likeness (QED) is 0.755. The van der Waals surface area contributed by atoms with Crippen LogP contribution in [0.15, 0.2) is 84.9 Å². The maximum absolute atomic E-state index is 12.3. The van der Waals surface area contributed by atoms with Gasteiger partial charge >= 0.3 is 0 Å². The predicted octanol–water partition coefficient (Wildman–Crippen LogP) is 4.43. The Morgan fingerprint density at radius 2 is 1.42 bits per heavy atom. The number of para-hydroxylation sites is 2. The minimum absolute atomic E-state index is 0.0356. The van der Waals surface area contributed by atoms with Crippen molar-refractivity contribution < 1.29 is 4.79 Å². The fraction of sp³-hybridized carbons (Fsp3) is 0.0952. The highest BCUT2D eigenvalue weighted by atomic mass is 16.2. The number of anilines is 2. The van der Waals surface area contributed by atoms with Crippen LogP contribution >= 0.6 is 0 Å². The van der Waals surface area contributed by atoms with Gasteiger partial charge in [-0.25, -0.2) is 0 Å². The minimum Gasteiger partial charge on any atom is -0.365 e. The number of nitrogens with one attached hydrogen (secondary N) is 1. The summed E-state index contributed by atoms with van der Waals surface area (Å²) in [6.07, 6.45) is 0. The molecule has 0 aliphatic carbocycles. The molecule has 0 fully saturated rings. The molecule has 3 nitrogen and oxygen atoms in total. The largest absolute Gasteiger partial charge is 0.365 e. The molecule has 120 valence electrons. The third-order valence-corrected chi connectivity index (χ3v) is 3.84. The summed E-state index contributed by atoms with van der Waals surface area (Å²) >= 11 is 0. The van der Waals surface area contributed by atoms with Gasteiger partial charge in [0.2, 0.25) is 5.91 Å². The van der Waals surface area contributed by atoms with Crippen LogP contribution in [0.1, 0.15) is 0 Å². The second-order valence-electron chi connectivity index (χ2n) is 5.65. The van der Waals surface area contributed by atoms with E-state index in [1.54, 1.807) is 0 Å². The lowest BCUT2D eigenvalue weighted by Gasteiger charge is -2.22. The third-order valence-electron chi connectivity index (χ3n) is 3.84. The molecule has 0 spiro atoms. The minimum atomic E-state index is -0.0356. The maximum Gasteiger partial charge on any atom is 0.243 e. The summed E-state index contributed by atoms with van der Waals surface area (Å²) in [5.74, 6) is -0.0356. The van der Waals surface area contributed by atoms with Gasteiger partial charge in [-0.2, -0.15) is 0 Å². The molecule has 0 aliphatic heterocycles. The summed E-state index contributed by atoms with van der Waals surface area (Å²) in [6.45, 7) is 0.290. The molecule has 0 heterocycles. The summed E-state index contributed by atoms with van der Waals surface area (Å²) < 4.78 is 0. The van der Waals surface area contributed by atoms with E-state index < -0.39 is 0 Å². The van der Waals surface area contributed by atoms with Crippen LogP contribution < -0.4 is 10.2 Å². The molecular formula is C21H20N2O. The van der Waals surface area contributed by atoms with Gasteiger partial charge in [-0.3, -0.25) is 4.79 Å². The van der Waals surface area contributed by atoms with Gasteiger partial charge in [0.25, 0.3) is 0 Å². The van der Waals surface area contributed by atoms with Crippen molar-refractivity contribution >= 4 is 17.3 Å². The van der Waals surface area contributed by atoms with Crippen molar-refractivity contribution in [3.8, 4) is 11.1 Å². The van der Waals surface area contributed by atoms with Crippen LogP contribution in [0.25, 0.3) is 11.1 Å². The third kappa shape index (κ3) is 3.82. The van der Waals surface area contributed by atoms with Crippen LogP contribution in [0.4, 0.5) is 11.4 Å². The highest BCUT2D eigenvalue weighted by Crippen LogP contribution is 2.29. The van der Waals surface area contributed by atoms with E-state index in [2.05, 4.69) is 23.5 Å². The van der Waals surface area contributed by atoms with Crippen LogP contribution in [0.2, 0.25) is 0 Å². The number of hydrogen-bond acceptors (Lipinski definition) is 2. The van der Waals surface area contributed by atoms with Gasteiger partial charge in [-0.1, -0.05) is 66.7 Å². The molecule has 0 bridgehead atoms. The summed E-state index contributed by atoms with van der Waals surface area (Å²) in [4.78, 5) is 14.3. The Morgan fingerprint density at radius 3 is 2.12 bits per heavy atom. The van der Waals surface area contributed by atoms with Crippen molar-refractivity contribution in [3.05, 3.63) is 84.9 Å². The van der Waals surface area contributed by atoms with Crippen molar-refractivity contribution in [2.45, 2.75) is 0 Å². The zero-order chi connectivity index (χ0) is 16.8. The summed E-state index contributed by atoms with van der Waals surface area (Å²) in [5, 5.41) is 2.92. The Morgan fingerprint density at radius 1 is 0.833 bits per heavy atom. The molecule has 3 heteroatoms. The number of nitrogens with zero attached hydrogens (tertiary/aromatic N) is 1. The summed E-state index contributed by atoms with van der Waals surface area (Å²) in [6, 6.07) is 27.8. The van der Waals surface area contributed by atoms with E-state index in [1.807, 2.05) is 78.7 Å². The van der Waals surface area contributed by atoms with Crippen LogP contribution in [0.3, 0.4) is 0 Å². The van der Waals surface area contributed by atoms with Gasteiger partial charge in [-0.15, -0.1) is 0 Å². The van der Waals surface area contributed by atoms with E-state index in [-0.39, 0.29) is 5.91 Å². The van der Waals surface area contributed by atoms with E-state index in [4.69, 9.17) is 0 Å². The molecule has 24 heavy (non-hydrogen) atoms. The molecule has 3 rings (SSSR count). The highest BCUT2D eigenvalue weighted by molar-refractivity contribution is 5.94. The lowest BCUT2D eigenvalue weighted by atomic mass is 10.0. The molecule has 1 N–H and O–H groups in total. The Kier molecular flexibility index (Phi) is 4.92. The van der Waals surface area contributed by atoms with Gasteiger partial charge in [0.1, 0.15) is 0 Å². The predicted molar refractivity (Wildman–Crippen MR) is 100 cm³/mol. The van der Waals surface area contributed by atoms with E-state index in [0.29, 0.717) is 6.54 Å². The second kappa shape index (κ2) is 7.47. The molecular weight excluding hydrogens is 296 g/mol. The average Bonchev–Trinajstić information content (AvgIpc) is 2.63. The Bertz CT molecular complexity index is 800. The second-order valence-corrected chi connectivity index (χ2v) is 5.65. The monoisotopic (exact) mass is 316 g/mol. The average molecular weight is 316 g/mol. The van der Waals surface area contributed by atoms with Crippen molar-refractivity contribution in [2.75, 3.05) is 23.8 Å². The Labute approximate surface area is 142 Å². The lowest BCUT2D eigenvalue weighted by Crippen LogP contribution is -2.30. The maximum atomic E-state index is 12.3. The van der Waals surface area contributed by atoms with Crippen LogP contribution in [0.5, 0.6) is 0 Å². The molecule has 3 aromatic rings. The number of hydrogen-bond donors (Lipinski definition) is 1. The van der Waals surface area contributed by atoms with Gasteiger partial charge in [0.15, 0.2) is 0 Å². The van der Waals surface area contributed by atoms with Gasteiger partial charge in [0.05, 0.1) is 6.54 Å². The number of likely N-dealkylation sites (N-methyl/N-ethyl adjacent to an activating group) is 1. The standard InChI is InChI=1S/C21H20N2O/c1-23(16-21(24)22-18-12-6-3-7-13-18)20-15-9-8-14-19(20)17-10-4-2-5-11-17/h2-15H,16H2,1H3,(H,22,24). The molecule has 0 aromatic heterocycles. The molecule has 0 aliphatic rings. The Hall–Kier alpha value is -3.07. The molecule has 0 atom stereocenters. The van der Waals surface area contributed by atoms with E-state index in [9.17, 15) is 4.79 Å². The van der Waals surface area contributed by atoms with Crippen LogP contribution in [-0.4, -0.2) is 19.5 Å². The number of carbonyl (C=O) groups is 1. The first-order valence-electron chi connectivity index (χ1n) is 7.94. The molecule has 0 radical (unpaired) electrons. The first-order valence-corrected chi connectivity index (χ1v) is 7.94. The van der Waals surface area contributed by atoms with Crippen LogP contribution in [0, 0.1) is 0 Å². The summed E-state index contributed by atoms with van der Waals surface area (Å²) in [7, 11) is 1.94. The van der Waals surface area contributed by atoms with E-state index >= 15 is 0 Å². The van der Waals surface area contributed by atoms with Crippen LogP contribution in [-0.2, 0) is 4.79 Å². The zero-order valence-electron chi connectivity index (χ0n) is 13.6. The number of benzene rings is 3. The van der Waals surface area contributed by atoms with Crippen molar-refractivity contribution in [1.29, 1.82) is 0 Å². The van der Waals surface area contributed by atoms with E-state index in [1.165, 1.54) is 0 Å². The van der Waals surface area contributed by atoms with Crippen molar-refractivity contribution in [2.24, 2.45) is 0 Å². The molecule has 3 aromatic carbocycles. The number of amides is 1. The molecule has 1 amide bonds. The van der Waals surface area contributed by atoms with Gasteiger partial charge in [-0.05, 0) is 23.8 Å². The normalized spacial score (nSPS) is 10.2. The smallest absolute Gasteiger partial charge is 0.243 e. The fourth-order valence-electron chi connectivity index (χ4n) is 2.69. The first-order chi connectivity index (χ1) is 11.7. The number of rotatable bonds is 5. The molecule has 0 saturated heterocycles. The molecule has 0 unspecified atom stereocenters. The number of carbonyl (C=O) groups excluding carboxylic acids is 1. The van der Waals surface area contributed by atoms with Crippen molar-refractivity contribution in [1.82, 2.24) is 0 Å². The summed E-state index contributed by atoms with van der Waals surface area (Å²) in [5.41, 5.74) is 4.11. The van der Waals surface area contributed by atoms with E-state index in [0.717, 1.165) is 22.5 Å². The molecule has 0 saturated carbocycles. The topological polar surface area (TPSA) is 32.3 Å². The first kappa shape index (κ1) is 15.8. The zero-order valence-corrected chi connectivity index (χ0v) is 13.6. The highest BCUT2D eigenvalue weighted by Gasteiger charge is 2.12.